The average molecular weight is 572 g/mol. The van der Waals surface area contributed by atoms with Gasteiger partial charge in [-0.1, -0.05) is 65.8 Å². The third-order valence-electron chi connectivity index (χ3n) is 7.00. The van der Waals surface area contributed by atoms with Gasteiger partial charge in [-0.2, -0.15) is 0 Å². The first kappa shape index (κ1) is 33.3. The molecule has 2 rings (SSSR count). The number of ether oxygens (including phenoxy) is 5. The normalized spacial score (nSPS) is 14.0. The van der Waals surface area contributed by atoms with Crippen LogP contribution in [0.15, 0.2) is 48.5 Å². The van der Waals surface area contributed by atoms with Crippen molar-refractivity contribution in [2.45, 2.75) is 59.9 Å². The number of carbonyl (C=O) groups excluding carboxylic acids is 4. The second-order valence-corrected chi connectivity index (χ2v) is 10.8. The molecule has 2 N–H and O–H groups in total. The van der Waals surface area contributed by atoms with E-state index in [0.29, 0.717) is 11.3 Å². The van der Waals surface area contributed by atoms with E-state index in [1.54, 1.807) is 50.2 Å². The minimum absolute atomic E-state index is 0.0160. The molecule has 0 aromatic heterocycles. The first-order chi connectivity index (χ1) is 19.3. The Bertz CT molecular complexity index is 1200. The number of hydrogen-bond acceptors (Lipinski definition) is 10. The molecule has 0 heterocycles. The number of esters is 3. The average Bonchev–Trinajstić information content (AvgIpc) is 2.93. The van der Waals surface area contributed by atoms with E-state index in [9.17, 15) is 19.2 Å². The molecule has 41 heavy (non-hydrogen) atoms. The van der Waals surface area contributed by atoms with E-state index in [1.165, 1.54) is 19.2 Å². The number of hydrogen-bond donors (Lipinski definition) is 1. The van der Waals surface area contributed by atoms with Crippen molar-refractivity contribution in [1.82, 2.24) is 0 Å². The summed E-state index contributed by atoms with van der Waals surface area (Å²) in [5.74, 6) is -2.05. The second kappa shape index (κ2) is 15.2. The number of benzene rings is 2. The fourth-order valence-corrected chi connectivity index (χ4v) is 3.53. The van der Waals surface area contributed by atoms with Crippen molar-refractivity contribution in [3.63, 3.8) is 0 Å². The maximum atomic E-state index is 12.8. The van der Waals surface area contributed by atoms with E-state index >= 15 is 0 Å². The Morgan fingerprint density at radius 1 is 0.780 bits per heavy atom. The molecule has 0 amide bonds. The van der Waals surface area contributed by atoms with Crippen LogP contribution in [0.3, 0.4) is 0 Å². The molecule has 0 bridgehead atoms. The first-order valence-electron chi connectivity index (χ1n) is 13.6. The lowest BCUT2D eigenvalue weighted by Crippen LogP contribution is -2.51. The van der Waals surface area contributed by atoms with Crippen molar-refractivity contribution in [1.29, 1.82) is 0 Å². The first-order valence-corrected chi connectivity index (χ1v) is 13.6. The standard InChI is InChI=1S/C31H41NO9/c1-19(2)21(5)27(33)40-25-14-13-23(17-26(25)41-28(34)22(6)20(3)4)18-31(32,29(35)37-7)15-16-38-30(36)39-24-11-9-8-10-12-24/h8-14,17,19-22H,15-16,18,32H2,1-7H3/t21?,22?,31-/m1/s1. The van der Waals surface area contributed by atoms with Crippen LogP contribution in [0.1, 0.15) is 53.5 Å². The summed E-state index contributed by atoms with van der Waals surface area (Å²) >= 11 is 0. The zero-order valence-corrected chi connectivity index (χ0v) is 24.8. The molecule has 0 spiro atoms. The maximum absolute atomic E-state index is 12.8. The van der Waals surface area contributed by atoms with E-state index in [0.717, 1.165) is 0 Å². The van der Waals surface area contributed by atoms with Crippen LogP contribution in [-0.2, 0) is 30.3 Å². The van der Waals surface area contributed by atoms with E-state index in [2.05, 4.69) is 0 Å². The van der Waals surface area contributed by atoms with Crippen LogP contribution in [0.25, 0.3) is 0 Å². The van der Waals surface area contributed by atoms with Gasteiger partial charge in [-0.25, -0.2) is 4.79 Å². The lowest BCUT2D eigenvalue weighted by molar-refractivity contribution is -0.147. The summed E-state index contributed by atoms with van der Waals surface area (Å²) in [7, 11) is 1.20. The molecular weight excluding hydrogens is 530 g/mol. The Balaban J connectivity index is 2.26. The number of nitrogens with two attached hydrogens (primary N) is 1. The van der Waals surface area contributed by atoms with Crippen molar-refractivity contribution in [2.75, 3.05) is 13.7 Å². The van der Waals surface area contributed by atoms with Gasteiger partial charge in [0.1, 0.15) is 11.3 Å². The number of carbonyl (C=O) groups is 4. The van der Waals surface area contributed by atoms with Crippen molar-refractivity contribution >= 4 is 24.1 Å². The number of rotatable bonds is 13. The van der Waals surface area contributed by atoms with Crippen LogP contribution in [0.5, 0.6) is 17.2 Å². The Hall–Kier alpha value is -3.92. The molecule has 0 fully saturated rings. The van der Waals surface area contributed by atoms with Gasteiger partial charge in [-0.05, 0) is 41.7 Å². The van der Waals surface area contributed by atoms with Crippen molar-refractivity contribution in [3.8, 4) is 17.2 Å². The van der Waals surface area contributed by atoms with Gasteiger partial charge in [-0.15, -0.1) is 0 Å². The minimum atomic E-state index is -1.60. The lowest BCUT2D eigenvalue weighted by atomic mass is 9.88. The Kier molecular flexibility index (Phi) is 12.3. The molecule has 2 unspecified atom stereocenters. The van der Waals surface area contributed by atoms with Gasteiger partial charge in [0.2, 0.25) is 0 Å². The molecule has 0 saturated heterocycles. The number of para-hydroxylation sites is 1. The molecule has 2 aromatic rings. The summed E-state index contributed by atoms with van der Waals surface area (Å²) in [6.07, 6.45) is -1.10. The molecule has 0 aliphatic rings. The summed E-state index contributed by atoms with van der Waals surface area (Å²) in [6, 6.07) is 13.0. The predicted molar refractivity (Wildman–Crippen MR) is 151 cm³/mol. The summed E-state index contributed by atoms with van der Waals surface area (Å²) < 4.78 is 26.4. The van der Waals surface area contributed by atoms with Gasteiger partial charge in [0, 0.05) is 12.8 Å². The SMILES string of the molecule is COC(=O)[C@@](N)(CCOC(=O)Oc1ccccc1)Cc1ccc(OC(=O)C(C)C(C)C)c(OC(=O)C(C)C(C)C)c1. The van der Waals surface area contributed by atoms with Crippen LogP contribution in [0, 0.1) is 23.7 Å². The molecule has 0 radical (unpaired) electrons. The largest absolute Gasteiger partial charge is 0.513 e. The Morgan fingerprint density at radius 3 is 1.88 bits per heavy atom. The van der Waals surface area contributed by atoms with Crippen LogP contribution < -0.4 is 19.9 Å². The van der Waals surface area contributed by atoms with E-state index in [1.807, 2.05) is 27.7 Å². The van der Waals surface area contributed by atoms with Crippen LogP contribution in [-0.4, -0.2) is 43.3 Å². The third-order valence-corrected chi connectivity index (χ3v) is 7.00. The molecule has 3 atom stereocenters. The van der Waals surface area contributed by atoms with Gasteiger partial charge < -0.3 is 29.4 Å². The molecule has 10 nitrogen and oxygen atoms in total. The highest BCUT2D eigenvalue weighted by atomic mass is 16.7. The smallest absolute Gasteiger partial charge is 0.468 e. The topological polar surface area (TPSA) is 140 Å². The Labute approximate surface area is 241 Å². The van der Waals surface area contributed by atoms with Gasteiger partial charge in [0.15, 0.2) is 11.5 Å². The molecule has 0 aliphatic heterocycles. The molecule has 224 valence electrons. The third kappa shape index (κ3) is 9.89. The highest BCUT2D eigenvalue weighted by molar-refractivity contribution is 5.81. The summed E-state index contributed by atoms with van der Waals surface area (Å²) in [4.78, 5) is 50.2. The minimum Gasteiger partial charge on any atom is -0.468 e. The summed E-state index contributed by atoms with van der Waals surface area (Å²) in [5, 5.41) is 0. The van der Waals surface area contributed by atoms with Crippen molar-refractivity contribution in [2.24, 2.45) is 29.4 Å². The van der Waals surface area contributed by atoms with Gasteiger partial charge in [0.25, 0.3) is 0 Å². The molecule has 0 saturated carbocycles. The monoisotopic (exact) mass is 571 g/mol. The predicted octanol–water partition coefficient (Wildman–Crippen LogP) is 5.10. The molecule has 10 heteroatoms. The lowest BCUT2D eigenvalue weighted by Gasteiger charge is -2.27. The van der Waals surface area contributed by atoms with Crippen LogP contribution in [0.4, 0.5) is 4.79 Å². The van der Waals surface area contributed by atoms with E-state index in [-0.39, 0.29) is 42.8 Å². The van der Waals surface area contributed by atoms with Gasteiger partial charge in [-0.3, -0.25) is 14.4 Å². The quantitative estimate of drug-likeness (QED) is 0.196. The molecule has 2 aromatic carbocycles. The highest BCUT2D eigenvalue weighted by Crippen LogP contribution is 2.33. The molecular formula is C31H41NO9. The molecule has 0 aliphatic carbocycles. The summed E-state index contributed by atoms with van der Waals surface area (Å²) in [5.41, 5.74) is 5.36. The van der Waals surface area contributed by atoms with Crippen molar-refractivity contribution < 1.29 is 42.9 Å². The van der Waals surface area contributed by atoms with Crippen LogP contribution >= 0.6 is 0 Å². The van der Waals surface area contributed by atoms with Gasteiger partial charge in [0.05, 0.1) is 25.6 Å². The zero-order valence-electron chi connectivity index (χ0n) is 24.8. The maximum Gasteiger partial charge on any atom is 0.513 e. The fraction of sp³-hybridized carbons (Fsp3) is 0.484. The van der Waals surface area contributed by atoms with Crippen molar-refractivity contribution in [3.05, 3.63) is 54.1 Å². The Morgan fingerprint density at radius 2 is 1.34 bits per heavy atom. The van der Waals surface area contributed by atoms with Gasteiger partial charge >= 0.3 is 24.1 Å². The van der Waals surface area contributed by atoms with E-state index in [4.69, 9.17) is 29.4 Å². The summed E-state index contributed by atoms with van der Waals surface area (Å²) in [6.45, 7) is 10.9. The van der Waals surface area contributed by atoms with E-state index < -0.39 is 41.4 Å². The number of methoxy groups -OCH3 is 1. The highest BCUT2D eigenvalue weighted by Gasteiger charge is 2.36. The van der Waals surface area contributed by atoms with Crippen LogP contribution in [0.2, 0.25) is 0 Å². The fourth-order valence-electron chi connectivity index (χ4n) is 3.53. The second-order valence-electron chi connectivity index (χ2n) is 10.8. The zero-order chi connectivity index (χ0) is 30.7.